The third kappa shape index (κ3) is 6.88. The lowest BCUT2D eigenvalue weighted by molar-refractivity contribution is -0.160. The van der Waals surface area contributed by atoms with E-state index in [1.54, 1.807) is 0 Å². The van der Waals surface area contributed by atoms with Gasteiger partial charge >= 0.3 is 17.9 Å². The van der Waals surface area contributed by atoms with Crippen LogP contribution in [0.15, 0.2) is 118 Å². The van der Waals surface area contributed by atoms with Gasteiger partial charge < -0.3 is 23.5 Å². The number of fused-ring (bicyclic) bond motifs is 1. The first kappa shape index (κ1) is 31.5. The molecule has 0 aliphatic carbocycles. The molecule has 0 radical (unpaired) electrons. The fourth-order valence-electron chi connectivity index (χ4n) is 5.38. The fraction of sp³-hybridized carbons (Fsp3) is 0.281. The van der Waals surface area contributed by atoms with Crippen molar-refractivity contribution in [1.82, 2.24) is 0 Å². The van der Waals surface area contributed by atoms with Crippen LogP contribution in [-0.4, -0.2) is 67.7 Å². The fourth-order valence-corrected chi connectivity index (χ4v) is 7.77. The number of ether oxygens (including phenoxy) is 4. The van der Waals surface area contributed by atoms with Crippen molar-refractivity contribution < 1.29 is 46.3 Å². The zero-order chi connectivity index (χ0) is 31.4. The van der Waals surface area contributed by atoms with Crippen molar-refractivity contribution in [2.75, 3.05) is 12.4 Å². The van der Waals surface area contributed by atoms with Crippen molar-refractivity contribution in [3.8, 4) is 0 Å². The minimum absolute atomic E-state index is 0.0146. The molecule has 12 heteroatoms. The first-order valence-electron chi connectivity index (χ1n) is 13.8. The summed E-state index contributed by atoms with van der Waals surface area (Å²) in [6.45, 7) is 4.25. The smallest absolute Gasteiger partial charge is 0.333 e. The van der Waals surface area contributed by atoms with Crippen LogP contribution < -0.4 is 0 Å². The van der Waals surface area contributed by atoms with Gasteiger partial charge in [-0.3, -0.25) is 9.59 Å². The van der Waals surface area contributed by atoms with Crippen molar-refractivity contribution in [2.45, 2.75) is 46.0 Å². The zero-order valence-electron chi connectivity index (χ0n) is 23.6. The van der Waals surface area contributed by atoms with Crippen LogP contribution in [0.5, 0.6) is 0 Å². The van der Waals surface area contributed by atoms with Gasteiger partial charge in [0, 0.05) is 5.57 Å². The molecule has 6 rings (SSSR count). The standard InChI is InChI=1S/C18H15S.C14H16O10S/c1-4-10-16(11-5-1)19(17-12-6-2-7-13-17)18-14-8-3-9-15-18;1-5(2)12(15)23-10-8-6(13(16)21-3-4-25(18,19)20)7-9(22-8)11(10)24-14(7)17/h1-15H;6-11H,1,3-4H2,2H3,(H,18,19,20)/q+1;/p-1. The number of hydrogen-bond acceptors (Lipinski definition) is 10. The Morgan fingerprint density at radius 2 is 1.36 bits per heavy atom. The number of carbonyl (C=O) groups excluding carboxylic acids is 3. The molecular weight excluding hydrogens is 608 g/mol. The molecule has 230 valence electrons. The minimum Gasteiger partial charge on any atom is -0.748 e. The monoisotopic (exact) mass is 638 g/mol. The van der Waals surface area contributed by atoms with Crippen molar-refractivity contribution in [1.29, 1.82) is 0 Å². The highest BCUT2D eigenvalue weighted by molar-refractivity contribution is 7.97. The van der Waals surface area contributed by atoms with Gasteiger partial charge in [-0.25, -0.2) is 13.2 Å². The Kier molecular flexibility index (Phi) is 9.54. The predicted molar refractivity (Wildman–Crippen MR) is 157 cm³/mol. The van der Waals surface area contributed by atoms with E-state index in [-0.39, 0.29) is 16.5 Å². The zero-order valence-corrected chi connectivity index (χ0v) is 25.3. The Morgan fingerprint density at radius 1 is 0.864 bits per heavy atom. The molecule has 3 aliphatic rings. The average Bonchev–Trinajstić information content (AvgIpc) is 3.63. The van der Waals surface area contributed by atoms with Crippen molar-refractivity contribution >= 4 is 38.9 Å². The molecule has 3 heterocycles. The van der Waals surface area contributed by atoms with Gasteiger partial charge in [0.05, 0.1) is 26.8 Å². The van der Waals surface area contributed by atoms with E-state index in [1.807, 2.05) is 0 Å². The Bertz CT molecular complexity index is 1520. The molecule has 0 N–H and O–H groups in total. The van der Waals surface area contributed by atoms with E-state index in [0.717, 1.165) is 0 Å². The molecule has 3 aliphatic heterocycles. The van der Waals surface area contributed by atoms with E-state index in [0.29, 0.717) is 0 Å². The molecule has 44 heavy (non-hydrogen) atoms. The molecule has 0 spiro atoms. The maximum Gasteiger partial charge on any atom is 0.333 e. The molecule has 3 saturated heterocycles. The van der Waals surface area contributed by atoms with E-state index in [2.05, 4.69) is 97.6 Å². The Morgan fingerprint density at radius 3 is 1.82 bits per heavy atom. The van der Waals surface area contributed by atoms with Crippen LogP contribution in [0.3, 0.4) is 0 Å². The molecular formula is C32H30O10S2. The van der Waals surface area contributed by atoms with Crippen LogP contribution in [0.25, 0.3) is 0 Å². The van der Waals surface area contributed by atoms with Crippen LogP contribution in [0, 0.1) is 11.8 Å². The van der Waals surface area contributed by atoms with Gasteiger partial charge in [0.1, 0.15) is 30.7 Å². The Hall–Kier alpha value is -3.97. The molecule has 0 amide bonds. The summed E-state index contributed by atoms with van der Waals surface area (Å²) in [5.41, 5.74) is 0.128. The van der Waals surface area contributed by atoms with Gasteiger partial charge in [-0.2, -0.15) is 0 Å². The summed E-state index contributed by atoms with van der Waals surface area (Å²) in [5.74, 6) is -5.20. The molecule has 3 aromatic carbocycles. The van der Waals surface area contributed by atoms with E-state index in [9.17, 15) is 27.4 Å². The second-order valence-corrected chi connectivity index (χ2v) is 13.9. The lowest BCUT2D eigenvalue weighted by Gasteiger charge is -2.27. The van der Waals surface area contributed by atoms with Crippen LogP contribution >= 0.6 is 0 Å². The van der Waals surface area contributed by atoms with E-state index < -0.39 is 76.6 Å². The molecule has 6 unspecified atom stereocenters. The summed E-state index contributed by atoms with van der Waals surface area (Å²) in [6.07, 6.45) is -3.50. The van der Waals surface area contributed by atoms with Crippen molar-refractivity contribution in [3.05, 3.63) is 103 Å². The highest BCUT2D eigenvalue weighted by Crippen LogP contribution is 2.51. The predicted octanol–water partition coefficient (Wildman–Crippen LogP) is 3.28. The second-order valence-electron chi connectivity index (χ2n) is 10.3. The molecule has 0 saturated carbocycles. The summed E-state index contributed by atoms with van der Waals surface area (Å²) in [6, 6.07) is 32.2. The van der Waals surface area contributed by atoms with Gasteiger partial charge in [-0.15, -0.1) is 0 Å². The molecule has 3 aromatic rings. The third-order valence-corrected chi connectivity index (χ3v) is 10.2. The Labute approximate surface area is 258 Å². The highest BCUT2D eigenvalue weighted by Gasteiger charge is 2.72. The Balaban J connectivity index is 0.000000181. The number of benzene rings is 3. The molecule has 3 fully saturated rings. The molecule has 2 bridgehead atoms. The molecule has 10 nitrogen and oxygen atoms in total. The number of hydrogen-bond donors (Lipinski definition) is 0. The van der Waals surface area contributed by atoms with Crippen LogP contribution in [0.1, 0.15) is 6.92 Å². The number of rotatable bonds is 9. The maximum atomic E-state index is 12.3. The first-order chi connectivity index (χ1) is 21.0. The average molecular weight is 639 g/mol. The van der Waals surface area contributed by atoms with Gasteiger partial charge in [-0.1, -0.05) is 61.2 Å². The topological polar surface area (TPSA) is 145 Å². The van der Waals surface area contributed by atoms with E-state index in [1.165, 1.54) is 21.6 Å². The van der Waals surface area contributed by atoms with Gasteiger partial charge in [0.2, 0.25) is 0 Å². The lowest BCUT2D eigenvalue weighted by Crippen LogP contribution is -2.48. The number of esters is 3. The summed E-state index contributed by atoms with van der Waals surface area (Å²) < 4.78 is 52.4. The second kappa shape index (κ2) is 13.3. The maximum absolute atomic E-state index is 12.3. The SMILES string of the molecule is C=C(C)C(=O)OC1C2OC(=O)C3C2OC1C3C(=O)OCCS(=O)(=O)[O-].c1ccc([S+](c2ccccc2)c2ccccc2)cc1. The van der Waals surface area contributed by atoms with Gasteiger partial charge in [0.15, 0.2) is 26.9 Å². The summed E-state index contributed by atoms with van der Waals surface area (Å²) in [4.78, 5) is 40.1. The van der Waals surface area contributed by atoms with E-state index in [4.69, 9.17) is 18.9 Å². The third-order valence-electron chi connectivity index (χ3n) is 7.28. The number of carbonyl (C=O) groups is 3. The minimum atomic E-state index is -4.54. The van der Waals surface area contributed by atoms with Gasteiger partial charge in [-0.05, 0) is 43.3 Å². The normalized spacial score (nSPS) is 24.7. The first-order valence-corrected chi connectivity index (χ1v) is 16.6. The van der Waals surface area contributed by atoms with Crippen LogP contribution in [-0.2, 0) is 54.3 Å². The van der Waals surface area contributed by atoms with Crippen molar-refractivity contribution in [2.24, 2.45) is 11.8 Å². The largest absolute Gasteiger partial charge is 0.748 e. The quantitative estimate of drug-likeness (QED) is 0.113. The van der Waals surface area contributed by atoms with E-state index >= 15 is 0 Å². The van der Waals surface area contributed by atoms with Gasteiger partial charge in [0.25, 0.3) is 0 Å². The summed E-state index contributed by atoms with van der Waals surface area (Å²) >= 11 is 0. The summed E-state index contributed by atoms with van der Waals surface area (Å²) in [7, 11) is -4.56. The van der Waals surface area contributed by atoms with Crippen LogP contribution in [0.2, 0.25) is 0 Å². The lowest BCUT2D eigenvalue weighted by atomic mass is 9.78. The molecule has 6 atom stereocenters. The highest BCUT2D eigenvalue weighted by atomic mass is 32.2. The van der Waals surface area contributed by atoms with Crippen molar-refractivity contribution in [3.63, 3.8) is 0 Å². The van der Waals surface area contributed by atoms with Crippen LogP contribution in [0.4, 0.5) is 0 Å². The molecule has 0 aromatic heterocycles. The summed E-state index contributed by atoms with van der Waals surface area (Å²) in [5, 5.41) is 0.